The van der Waals surface area contributed by atoms with E-state index in [0.717, 1.165) is 12.8 Å². The highest BCUT2D eigenvalue weighted by molar-refractivity contribution is 5.92. The van der Waals surface area contributed by atoms with Crippen molar-refractivity contribution >= 4 is 23.4 Å². The second-order valence-corrected chi connectivity index (χ2v) is 11.4. The first-order valence-electron chi connectivity index (χ1n) is 13.9. The van der Waals surface area contributed by atoms with Gasteiger partial charge in [-0.05, 0) is 81.8 Å². The molecule has 0 radical (unpaired) electrons. The molecule has 3 aliphatic heterocycles. The second kappa shape index (κ2) is 12.8. The largest absolute Gasteiger partial charge is 0.381 e. The lowest BCUT2D eigenvalue weighted by Gasteiger charge is -2.41. The molecular formula is C29H41FN4O4. The zero-order chi connectivity index (χ0) is 27.1. The monoisotopic (exact) mass is 528 g/mol. The Hall–Kier alpha value is -2.78. The Morgan fingerprint density at radius 2 is 1.89 bits per heavy atom. The van der Waals surface area contributed by atoms with E-state index in [-0.39, 0.29) is 48.0 Å². The lowest BCUT2D eigenvalue weighted by molar-refractivity contribution is -0.138. The average molecular weight is 529 g/mol. The van der Waals surface area contributed by atoms with Gasteiger partial charge in [0.25, 0.3) is 0 Å². The Labute approximate surface area is 224 Å². The standard InChI is InChI=1S/C29H41FN4O4/c1-20(2)17-25-27(36)32-24-10-16-38-19-21(24)5-3-4-11-29(28(37)33-25)12-14-34(15-13-29)18-26(35)31-23-8-6-22(30)7-9-23/h3-4,6-9,20-21,24-25H,5,10-19H2,1-2H3,(H,31,35)(H,32,36)(H,33,37)/b4-3+/t21-,24+,25+/m1/s1. The number of allylic oxidation sites excluding steroid dienone is 2. The van der Waals surface area contributed by atoms with E-state index >= 15 is 0 Å². The molecular weight excluding hydrogens is 487 g/mol. The van der Waals surface area contributed by atoms with E-state index in [2.05, 4.69) is 41.9 Å². The Kier molecular flexibility index (Phi) is 9.54. The van der Waals surface area contributed by atoms with Crippen LogP contribution in [0.4, 0.5) is 10.1 Å². The van der Waals surface area contributed by atoms with Crippen LogP contribution in [-0.4, -0.2) is 67.6 Å². The van der Waals surface area contributed by atoms with Gasteiger partial charge in [0.1, 0.15) is 11.9 Å². The number of nitrogens with one attached hydrogen (secondary N) is 3. The molecule has 3 heterocycles. The lowest BCUT2D eigenvalue weighted by Crippen LogP contribution is -2.57. The van der Waals surface area contributed by atoms with Gasteiger partial charge in [-0.1, -0.05) is 26.0 Å². The second-order valence-electron chi connectivity index (χ2n) is 11.4. The molecule has 1 spiro atoms. The van der Waals surface area contributed by atoms with Gasteiger partial charge in [0, 0.05) is 24.3 Å². The van der Waals surface area contributed by atoms with Crippen LogP contribution in [0.3, 0.4) is 0 Å². The number of rotatable bonds is 5. The molecule has 2 fully saturated rings. The maximum atomic E-state index is 13.8. The van der Waals surface area contributed by atoms with Crippen LogP contribution in [0.15, 0.2) is 36.4 Å². The van der Waals surface area contributed by atoms with Crippen molar-refractivity contribution in [3.05, 3.63) is 42.2 Å². The van der Waals surface area contributed by atoms with Gasteiger partial charge < -0.3 is 20.7 Å². The normalized spacial score (nSPS) is 27.4. The van der Waals surface area contributed by atoms with Gasteiger partial charge in [-0.25, -0.2) is 4.39 Å². The molecule has 4 rings (SSSR count). The number of carbonyl (C=O) groups is 3. The van der Waals surface area contributed by atoms with Crippen LogP contribution < -0.4 is 16.0 Å². The third-order valence-corrected chi connectivity index (χ3v) is 8.03. The van der Waals surface area contributed by atoms with Gasteiger partial charge in [0.2, 0.25) is 17.7 Å². The smallest absolute Gasteiger partial charge is 0.242 e. The Balaban J connectivity index is 1.43. The molecule has 2 saturated heterocycles. The minimum Gasteiger partial charge on any atom is -0.381 e. The number of ether oxygens (including phenoxy) is 1. The topological polar surface area (TPSA) is 99.8 Å². The number of benzene rings is 1. The number of anilines is 1. The molecule has 1 aromatic rings. The van der Waals surface area contributed by atoms with Crippen molar-refractivity contribution in [2.75, 3.05) is 38.2 Å². The van der Waals surface area contributed by atoms with Gasteiger partial charge in [-0.3, -0.25) is 19.3 Å². The first kappa shape index (κ1) is 28.2. The number of nitrogens with zero attached hydrogens (tertiary/aromatic N) is 1. The summed E-state index contributed by atoms with van der Waals surface area (Å²) in [4.78, 5) is 41.7. The molecule has 0 saturated carbocycles. The molecule has 38 heavy (non-hydrogen) atoms. The molecule has 3 atom stereocenters. The molecule has 9 heteroatoms. The van der Waals surface area contributed by atoms with Crippen LogP contribution in [-0.2, 0) is 19.1 Å². The van der Waals surface area contributed by atoms with E-state index in [0.29, 0.717) is 57.7 Å². The van der Waals surface area contributed by atoms with Crippen molar-refractivity contribution in [1.29, 1.82) is 0 Å². The van der Waals surface area contributed by atoms with Crippen molar-refractivity contribution in [2.24, 2.45) is 17.3 Å². The highest BCUT2D eigenvalue weighted by Gasteiger charge is 2.42. The fraction of sp³-hybridized carbons (Fsp3) is 0.621. The number of hydrogen-bond acceptors (Lipinski definition) is 5. The summed E-state index contributed by atoms with van der Waals surface area (Å²) in [6.07, 6.45) is 8.19. The van der Waals surface area contributed by atoms with Crippen molar-refractivity contribution in [1.82, 2.24) is 15.5 Å². The first-order valence-corrected chi connectivity index (χ1v) is 13.9. The van der Waals surface area contributed by atoms with E-state index in [1.807, 2.05) is 4.90 Å². The molecule has 0 unspecified atom stereocenters. The predicted molar refractivity (Wildman–Crippen MR) is 144 cm³/mol. The minimum absolute atomic E-state index is 0.0464. The zero-order valence-electron chi connectivity index (χ0n) is 22.5. The summed E-state index contributed by atoms with van der Waals surface area (Å²) < 4.78 is 18.8. The van der Waals surface area contributed by atoms with E-state index in [1.54, 1.807) is 0 Å². The van der Waals surface area contributed by atoms with Gasteiger partial charge in [0.15, 0.2) is 0 Å². The van der Waals surface area contributed by atoms with Gasteiger partial charge >= 0.3 is 0 Å². The first-order chi connectivity index (χ1) is 18.2. The van der Waals surface area contributed by atoms with Gasteiger partial charge in [-0.2, -0.15) is 0 Å². The highest BCUT2D eigenvalue weighted by Crippen LogP contribution is 2.37. The summed E-state index contributed by atoms with van der Waals surface area (Å²) in [6.45, 7) is 6.76. The minimum atomic E-state index is -0.627. The quantitative estimate of drug-likeness (QED) is 0.510. The van der Waals surface area contributed by atoms with Crippen LogP contribution in [0.2, 0.25) is 0 Å². The zero-order valence-corrected chi connectivity index (χ0v) is 22.5. The number of likely N-dealkylation sites (tertiary alicyclic amines) is 1. The van der Waals surface area contributed by atoms with Crippen LogP contribution in [0.25, 0.3) is 0 Å². The molecule has 208 valence electrons. The van der Waals surface area contributed by atoms with E-state index in [1.165, 1.54) is 24.3 Å². The Morgan fingerprint density at radius 3 is 2.61 bits per heavy atom. The van der Waals surface area contributed by atoms with Gasteiger partial charge in [0.05, 0.1) is 18.6 Å². The summed E-state index contributed by atoms with van der Waals surface area (Å²) in [5.41, 5.74) is -0.0776. The van der Waals surface area contributed by atoms with Crippen molar-refractivity contribution in [2.45, 2.75) is 64.5 Å². The predicted octanol–water partition coefficient (Wildman–Crippen LogP) is 3.25. The molecule has 3 amide bonds. The lowest BCUT2D eigenvalue weighted by atomic mass is 9.74. The van der Waals surface area contributed by atoms with E-state index < -0.39 is 11.5 Å². The SMILES string of the molecule is CC(C)C[C@@H]1NC(=O)C2(C/C=C/C[C@@H]3COCC[C@@H]3NC1=O)CCN(CC(=O)Nc1ccc(F)cc1)CC2. The maximum Gasteiger partial charge on any atom is 0.242 e. The summed E-state index contributed by atoms with van der Waals surface area (Å²) in [6, 6.07) is 5.15. The summed E-state index contributed by atoms with van der Waals surface area (Å²) in [5.74, 6) is -0.249. The third kappa shape index (κ3) is 7.41. The fourth-order valence-corrected chi connectivity index (χ4v) is 5.70. The van der Waals surface area contributed by atoms with Gasteiger partial charge in [-0.15, -0.1) is 0 Å². The third-order valence-electron chi connectivity index (χ3n) is 8.03. The van der Waals surface area contributed by atoms with Crippen molar-refractivity contribution < 1.29 is 23.5 Å². The summed E-state index contributed by atoms with van der Waals surface area (Å²) in [7, 11) is 0. The maximum absolute atomic E-state index is 13.8. The number of halogens is 1. The van der Waals surface area contributed by atoms with E-state index in [4.69, 9.17) is 4.74 Å². The molecule has 0 aliphatic carbocycles. The number of hydrogen-bond donors (Lipinski definition) is 3. The van der Waals surface area contributed by atoms with Crippen LogP contribution >= 0.6 is 0 Å². The molecule has 0 bridgehead atoms. The molecule has 3 aliphatic rings. The highest BCUT2D eigenvalue weighted by atomic mass is 19.1. The Bertz CT molecular complexity index is 1000. The molecule has 3 N–H and O–H groups in total. The Morgan fingerprint density at radius 1 is 1.16 bits per heavy atom. The van der Waals surface area contributed by atoms with Crippen LogP contribution in [0.5, 0.6) is 0 Å². The van der Waals surface area contributed by atoms with Crippen LogP contribution in [0.1, 0.15) is 52.4 Å². The number of carbonyl (C=O) groups excluding carboxylic acids is 3. The molecule has 1 aromatic carbocycles. The summed E-state index contributed by atoms with van der Waals surface area (Å²) >= 11 is 0. The van der Waals surface area contributed by atoms with Crippen LogP contribution in [0, 0.1) is 23.1 Å². The number of piperidine rings is 1. The van der Waals surface area contributed by atoms with Crippen molar-refractivity contribution in [3.8, 4) is 0 Å². The number of amides is 3. The summed E-state index contributed by atoms with van der Waals surface area (Å²) in [5, 5.41) is 9.14. The molecule has 8 nitrogen and oxygen atoms in total. The molecule has 0 aromatic heterocycles. The fourth-order valence-electron chi connectivity index (χ4n) is 5.70. The van der Waals surface area contributed by atoms with Crippen molar-refractivity contribution in [3.63, 3.8) is 0 Å². The average Bonchev–Trinajstić information content (AvgIpc) is 2.88. The number of fused-ring (bicyclic) bond motifs is 1. The van der Waals surface area contributed by atoms with E-state index in [9.17, 15) is 18.8 Å².